The van der Waals surface area contributed by atoms with Crippen LogP contribution < -0.4 is 0 Å². The van der Waals surface area contributed by atoms with Gasteiger partial charge in [-0.25, -0.2) is 4.98 Å². The highest BCUT2D eigenvalue weighted by atomic mass is 32.1. The summed E-state index contributed by atoms with van der Waals surface area (Å²) in [4.78, 5) is 19.2. The number of nitrogens with zero attached hydrogens (tertiary/aromatic N) is 2. The van der Waals surface area contributed by atoms with Crippen molar-refractivity contribution in [3.63, 3.8) is 0 Å². The van der Waals surface area contributed by atoms with Crippen LogP contribution in [0.15, 0.2) is 29.6 Å². The van der Waals surface area contributed by atoms with E-state index in [1.54, 1.807) is 11.3 Å². The Kier molecular flexibility index (Phi) is 5.31. The van der Waals surface area contributed by atoms with Crippen molar-refractivity contribution < 1.29 is 9.90 Å². The van der Waals surface area contributed by atoms with E-state index in [-0.39, 0.29) is 18.6 Å². The number of hydrogen-bond acceptors (Lipinski definition) is 4. The minimum absolute atomic E-state index is 0.0660. The van der Waals surface area contributed by atoms with Gasteiger partial charge >= 0.3 is 0 Å². The van der Waals surface area contributed by atoms with Gasteiger partial charge in [0.1, 0.15) is 0 Å². The smallest absolute Gasteiger partial charge is 0.253 e. The number of aliphatic hydroxyl groups excluding tert-OH is 1. The van der Waals surface area contributed by atoms with Gasteiger partial charge in [-0.15, -0.1) is 11.3 Å². The number of carbonyl (C=O) groups is 1. The maximum Gasteiger partial charge on any atom is 0.253 e. The topological polar surface area (TPSA) is 53.4 Å². The predicted octanol–water partition coefficient (Wildman–Crippen LogP) is 3.74. The van der Waals surface area contributed by atoms with E-state index < -0.39 is 0 Å². The zero-order chi connectivity index (χ0) is 17.1. The minimum Gasteiger partial charge on any atom is -0.396 e. The van der Waals surface area contributed by atoms with Crippen molar-refractivity contribution in [3.8, 4) is 11.3 Å². The molecule has 0 aliphatic heterocycles. The van der Waals surface area contributed by atoms with Crippen LogP contribution in [0, 0.1) is 12.8 Å². The Hall–Kier alpha value is -1.72. The summed E-state index contributed by atoms with van der Waals surface area (Å²) in [6.45, 7) is 2.25. The van der Waals surface area contributed by atoms with Crippen LogP contribution in [-0.2, 0) is 0 Å². The monoisotopic (exact) mass is 344 g/mol. The van der Waals surface area contributed by atoms with Crippen molar-refractivity contribution in [2.45, 2.75) is 38.6 Å². The van der Waals surface area contributed by atoms with Gasteiger partial charge in [0.15, 0.2) is 0 Å². The molecule has 1 aliphatic carbocycles. The fourth-order valence-electron chi connectivity index (χ4n) is 3.39. The van der Waals surface area contributed by atoms with E-state index in [9.17, 15) is 9.90 Å². The molecule has 4 nitrogen and oxygen atoms in total. The van der Waals surface area contributed by atoms with E-state index in [1.807, 2.05) is 48.5 Å². The van der Waals surface area contributed by atoms with E-state index in [1.165, 1.54) is 0 Å². The highest BCUT2D eigenvalue weighted by Crippen LogP contribution is 2.28. The van der Waals surface area contributed by atoms with Crippen LogP contribution in [0.5, 0.6) is 0 Å². The number of amides is 1. The molecule has 0 bridgehead atoms. The second-order valence-electron chi connectivity index (χ2n) is 6.61. The molecule has 128 valence electrons. The van der Waals surface area contributed by atoms with E-state index in [4.69, 9.17) is 0 Å². The molecule has 24 heavy (non-hydrogen) atoms. The van der Waals surface area contributed by atoms with Crippen molar-refractivity contribution in [1.82, 2.24) is 9.88 Å². The average molecular weight is 344 g/mol. The van der Waals surface area contributed by atoms with Gasteiger partial charge in [0.2, 0.25) is 0 Å². The predicted molar refractivity (Wildman–Crippen MR) is 97.2 cm³/mol. The third-order valence-corrected chi connectivity index (χ3v) is 5.74. The highest BCUT2D eigenvalue weighted by molar-refractivity contribution is 7.09. The standard InChI is InChI=1S/C19H24N2O2S/c1-13-20-18(12-24-13)15-4-3-5-16(10-15)19(23)21(2)17-8-6-14(11-22)7-9-17/h3-5,10,12,14,17,22H,6-9,11H2,1-2H3. The summed E-state index contributed by atoms with van der Waals surface area (Å²) >= 11 is 1.62. The molecule has 3 rings (SSSR count). The van der Waals surface area contributed by atoms with Crippen LogP contribution in [0.1, 0.15) is 41.0 Å². The molecule has 1 amide bonds. The zero-order valence-corrected chi connectivity index (χ0v) is 15.1. The van der Waals surface area contributed by atoms with Crippen molar-refractivity contribution in [1.29, 1.82) is 0 Å². The van der Waals surface area contributed by atoms with E-state index in [0.717, 1.165) is 41.9 Å². The summed E-state index contributed by atoms with van der Waals surface area (Å²) in [6.07, 6.45) is 3.94. The molecule has 0 atom stereocenters. The van der Waals surface area contributed by atoms with Crippen LogP contribution in [0.3, 0.4) is 0 Å². The lowest BCUT2D eigenvalue weighted by molar-refractivity contribution is 0.0653. The summed E-state index contributed by atoms with van der Waals surface area (Å²) in [5, 5.41) is 12.3. The summed E-state index contributed by atoms with van der Waals surface area (Å²) < 4.78 is 0. The van der Waals surface area contributed by atoms with Crippen LogP contribution in [-0.4, -0.2) is 40.6 Å². The lowest BCUT2D eigenvalue weighted by Crippen LogP contribution is -2.39. The summed E-state index contributed by atoms with van der Waals surface area (Å²) in [6, 6.07) is 8.00. The number of carbonyl (C=O) groups excluding carboxylic acids is 1. The van der Waals surface area contributed by atoms with Crippen LogP contribution in [0.25, 0.3) is 11.3 Å². The third kappa shape index (κ3) is 3.68. The molecule has 2 aromatic rings. The molecule has 1 fully saturated rings. The summed E-state index contributed by atoms with van der Waals surface area (Å²) in [7, 11) is 1.89. The van der Waals surface area contributed by atoms with Crippen molar-refractivity contribution in [2.24, 2.45) is 5.92 Å². The average Bonchev–Trinajstić information content (AvgIpc) is 3.07. The minimum atomic E-state index is 0.0660. The maximum absolute atomic E-state index is 12.8. The Balaban J connectivity index is 1.73. The molecular formula is C19H24N2O2S. The summed E-state index contributed by atoms with van der Waals surface area (Å²) in [5.41, 5.74) is 2.63. The normalized spacial score (nSPS) is 20.8. The molecule has 0 saturated heterocycles. The molecule has 1 saturated carbocycles. The largest absolute Gasteiger partial charge is 0.396 e. The van der Waals surface area contributed by atoms with Crippen molar-refractivity contribution in [2.75, 3.05) is 13.7 Å². The Morgan fingerprint density at radius 3 is 2.71 bits per heavy atom. The quantitative estimate of drug-likeness (QED) is 0.919. The van der Waals surface area contributed by atoms with E-state index >= 15 is 0 Å². The van der Waals surface area contributed by atoms with Gasteiger partial charge in [-0.05, 0) is 50.7 Å². The molecule has 1 aliphatic rings. The first-order valence-electron chi connectivity index (χ1n) is 8.49. The molecule has 1 aromatic heterocycles. The number of aliphatic hydroxyl groups is 1. The molecule has 0 unspecified atom stereocenters. The lowest BCUT2D eigenvalue weighted by Gasteiger charge is -2.34. The second kappa shape index (κ2) is 7.45. The number of thiazole rings is 1. The van der Waals surface area contributed by atoms with Gasteiger partial charge in [0.25, 0.3) is 5.91 Å². The van der Waals surface area contributed by atoms with Gasteiger partial charge in [-0.1, -0.05) is 12.1 Å². The van der Waals surface area contributed by atoms with E-state index in [2.05, 4.69) is 4.98 Å². The van der Waals surface area contributed by atoms with Crippen LogP contribution >= 0.6 is 11.3 Å². The maximum atomic E-state index is 12.8. The Morgan fingerprint density at radius 2 is 2.08 bits per heavy atom. The SMILES string of the molecule is Cc1nc(-c2cccc(C(=O)N(C)C3CCC(CO)CC3)c2)cs1. The van der Waals surface area contributed by atoms with Crippen LogP contribution in [0.4, 0.5) is 0 Å². The fraction of sp³-hybridized carbons (Fsp3) is 0.474. The first-order valence-corrected chi connectivity index (χ1v) is 9.37. The number of benzene rings is 1. The number of aryl methyl sites for hydroxylation is 1. The molecule has 5 heteroatoms. The van der Waals surface area contributed by atoms with Gasteiger partial charge < -0.3 is 10.0 Å². The van der Waals surface area contributed by atoms with Gasteiger partial charge in [-0.3, -0.25) is 4.79 Å². The molecule has 0 radical (unpaired) electrons. The molecule has 1 aromatic carbocycles. The molecule has 1 heterocycles. The lowest BCUT2D eigenvalue weighted by atomic mass is 9.86. The molecule has 1 N–H and O–H groups in total. The first kappa shape index (κ1) is 17.1. The fourth-order valence-corrected chi connectivity index (χ4v) is 4.01. The number of rotatable bonds is 4. The van der Waals surface area contributed by atoms with Crippen molar-refractivity contribution in [3.05, 3.63) is 40.2 Å². The van der Waals surface area contributed by atoms with Crippen molar-refractivity contribution >= 4 is 17.2 Å². The van der Waals surface area contributed by atoms with Gasteiger partial charge in [-0.2, -0.15) is 0 Å². The number of aromatic nitrogens is 1. The van der Waals surface area contributed by atoms with E-state index in [0.29, 0.717) is 11.5 Å². The Labute approximate surface area is 147 Å². The zero-order valence-electron chi connectivity index (χ0n) is 14.2. The number of hydrogen-bond donors (Lipinski definition) is 1. The molecule has 0 spiro atoms. The Bertz CT molecular complexity index is 705. The van der Waals surface area contributed by atoms with Gasteiger partial charge in [0, 0.05) is 36.2 Å². The first-order chi connectivity index (χ1) is 11.6. The Morgan fingerprint density at radius 1 is 1.33 bits per heavy atom. The van der Waals surface area contributed by atoms with Gasteiger partial charge in [0.05, 0.1) is 10.7 Å². The highest BCUT2D eigenvalue weighted by Gasteiger charge is 2.26. The third-order valence-electron chi connectivity index (χ3n) is 4.97. The van der Waals surface area contributed by atoms with Crippen LogP contribution in [0.2, 0.25) is 0 Å². The second-order valence-corrected chi connectivity index (χ2v) is 7.67. The summed E-state index contributed by atoms with van der Waals surface area (Å²) in [5.74, 6) is 0.470. The molecular weight excluding hydrogens is 320 g/mol.